The van der Waals surface area contributed by atoms with Crippen molar-refractivity contribution in [1.29, 1.82) is 5.26 Å². The summed E-state index contributed by atoms with van der Waals surface area (Å²) < 4.78 is 49.4. The van der Waals surface area contributed by atoms with Gasteiger partial charge in [-0.3, -0.25) is 0 Å². The molecule has 0 aliphatic carbocycles. The van der Waals surface area contributed by atoms with Crippen molar-refractivity contribution >= 4 is 49.3 Å². The molecular weight excluding hydrogens is 738 g/mol. The minimum Gasteiger partial charge on any atom is -0.309 e. The van der Waals surface area contributed by atoms with Gasteiger partial charge in [0.05, 0.1) is 45.8 Å². The first-order valence-corrected chi connectivity index (χ1v) is 19.1. The number of nitrogens with zero attached hydrogens (tertiary/aromatic N) is 4. The van der Waals surface area contributed by atoms with Crippen molar-refractivity contribution in [2.75, 3.05) is 0 Å². The zero-order valence-electron chi connectivity index (χ0n) is 31.6. The molecule has 0 N–H and O–H groups in total. The highest BCUT2D eigenvalue weighted by molar-refractivity contribution is 6.11. The van der Waals surface area contributed by atoms with E-state index in [4.69, 9.17) is 6.57 Å². The van der Waals surface area contributed by atoms with Crippen LogP contribution in [0.2, 0.25) is 0 Å². The van der Waals surface area contributed by atoms with E-state index in [1.54, 1.807) is 36.4 Å². The summed E-state index contributed by atoms with van der Waals surface area (Å²) in [5.41, 5.74) is 10.7. The van der Waals surface area contributed by atoms with Gasteiger partial charge in [0.15, 0.2) is 5.69 Å². The Kier molecular flexibility index (Phi) is 8.23. The van der Waals surface area contributed by atoms with Gasteiger partial charge in [0, 0.05) is 32.9 Å². The molecule has 0 aliphatic rings. The van der Waals surface area contributed by atoms with Crippen molar-refractivity contribution in [2.45, 2.75) is 13.1 Å². The molecule has 0 atom stereocenters. The number of halogens is 3. The third-order valence-electron chi connectivity index (χ3n) is 11.4. The number of alkyl halides is 3. The molecule has 0 radical (unpaired) electrons. The fourth-order valence-corrected chi connectivity index (χ4v) is 8.51. The third kappa shape index (κ3) is 5.91. The van der Waals surface area contributed by atoms with Crippen LogP contribution in [0.3, 0.4) is 0 Å². The number of aromatic nitrogens is 2. The lowest BCUT2D eigenvalue weighted by Gasteiger charge is -2.19. The van der Waals surface area contributed by atoms with Gasteiger partial charge in [-0.05, 0) is 125 Å². The lowest BCUT2D eigenvalue weighted by molar-refractivity contribution is -0.137. The molecule has 0 saturated heterocycles. The smallest absolute Gasteiger partial charge is 0.309 e. The van der Waals surface area contributed by atoms with E-state index >= 15 is 13.2 Å². The molecule has 7 heteroatoms. The second-order valence-electron chi connectivity index (χ2n) is 14.7. The standard InChI is InChI=1S/C52H31F3N4/c1-32-11-22-39(58-48-9-5-3-7-41(48)45-27-36(18-25-50(45)58)34-14-12-33(31-56)13-15-34)29-43(32)44-30-40(23-24-47(44)52(53,54)55)59-49-10-6-4-8-42(49)46-28-37(19-26-51(46)59)35-16-20-38(57-2)21-17-35/h3-30H,1H3. The highest BCUT2D eigenvalue weighted by Gasteiger charge is 2.34. The van der Waals surface area contributed by atoms with Gasteiger partial charge in [-0.2, -0.15) is 18.4 Å². The highest BCUT2D eigenvalue weighted by Crippen LogP contribution is 2.43. The van der Waals surface area contributed by atoms with Crippen molar-refractivity contribution in [3.8, 4) is 50.8 Å². The van der Waals surface area contributed by atoms with Crippen LogP contribution in [0.1, 0.15) is 16.7 Å². The Labute approximate surface area is 337 Å². The van der Waals surface area contributed by atoms with E-state index in [1.165, 1.54) is 6.07 Å². The van der Waals surface area contributed by atoms with E-state index < -0.39 is 11.7 Å². The van der Waals surface area contributed by atoms with Crippen molar-refractivity contribution < 1.29 is 13.2 Å². The Morgan fingerprint density at radius 1 is 0.508 bits per heavy atom. The van der Waals surface area contributed by atoms with Crippen LogP contribution >= 0.6 is 0 Å². The summed E-state index contributed by atoms with van der Waals surface area (Å²) in [4.78, 5) is 3.51. The quantitative estimate of drug-likeness (QED) is 0.161. The van der Waals surface area contributed by atoms with Gasteiger partial charge in [0.1, 0.15) is 0 Å². The lowest BCUT2D eigenvalue weighted by Crippen LogP contribution is -2.09. The van der Waals surface area contributed by atoms with Crippen LogP contribution in [0.4, 0.5) is 18.9 Å². The second-order valence-corrected chi connectivity index (χ2v) is 14.7. The molecule has 10 aromatic rings. The molecule has 0 aliphatic heterocycles. The summed E-state index contributed by atoms with van der Waals surface area (Å²) in [5.74, 6) is 0. The maximum absolute atomic E-state index is 15.1. The number of nitriles is 1. The molecule has 10 rings (SSSR count). The highest BCUT2D eigenvalue weighted by atomic mass is 19.4. The van der Waals surface area contributed by atoms with E-state index in [0.29, 0.717) is 22.5 Å². The van der Waals surface area contributed by atoms with Crippen LogP contribution in [-0.4, -0.2) is 9.13 Å². The van der Waals surface area contributed by atoms with Crippen LogP contribution in [0.5, 0.6) is 0 Å². The molecule has 0 bridgehead atoms. The first kappa shape index (κ1) is 35.5. The summed E-state index contributed by atoms with van der Waals surface area (Å²) in [6.07, 6.45) is -4.61. The van der Waals surface area contributed by atoms with Gasteiger partial charge >= 0.3 is 6.18 Å². The second kappa shape index (κ2) is 13.7. The summed E-state index contributed by atoms with van der Waals surface area (Å²) in [7, 11) is 0. The maximum Gasteiger partial charge on any atom is 0.417 e. The molecule has 280 valence electrons. The number of rotatable bonds is 5. The van der Waals surface area contributed by atoms with Gasteiger partial charge in [0.25, 0.3) is 0 Å². The van der Waals surface area contributed by atoms with E-state index in [9.17, 15) is 5.26 Å². The number of para-hydroxylation sites is 2. The number of benzene rings is 8. The predicted octanol–water partition coefficient (Wildman–Crippen LogP) is 14.6. The monoisotopic (exact) mass is 768 g/mol. The summed E-state index contributed by atoms with van der Waals surface area (Å²) in [6.45, 7) is 9.18. The Bertz CT molecular complexity index is 3390. The van der Waals surface area contributed by atoms with E-state index in [0.717, 1.165) is 77.1 Å². The zero-order chi connectivity index (χ0) is 40.4. The molecule has 0 amide bonds. The number of aryl methyl sites for hydroxylation is 1. The van der Waals surface area contributed by atoms with Gasteiger partial charge in [-0.15, -0.1) is 0 Å². The average molecular weight is 769 g/mol. The van der Waals surface area contributed by atoms with Gasteiger partial charge in [-0.1, -0.05) is 91.0 Å². The predicted molar refractivity (Wildman–Crippen MR) is 232 cm³/mol. The van der Waals surface area contributed by atoms with E-state index in [1.807, 2.05) is 115 Å². The Morgan fingerprint density at radius 2 is 0.983 bits per heavy atom. The number of fused-ring (bicyclic) bond motifs is 6. The molecule has 2 aromatic heterocycles. The van der Waals surface area contributed by atoms with Crippen molar-refractivity contribution in [1.82, 2.24) is 9.13 Å². The molecule has 8 aromatic carbocycles. The molecule has 0 fully saturated rings. The number of hydrogen-bond acceptors (Lipinski definition) is 1. The van der Waals surface area contributed by atoms with Crippen molar-refractivity contribution in [3.05, 3.63) is 198 Å². The van der Waals surface area contributed by atoms with Gasteiger partial charge < -0.3 is 9.13 Å². The maximum atomic E-state index is 15.1. The molecular formula is C52H31F3N4. The minimum atomic E-state index is -4.61. The Hall–Kier alpha value is -7.87. The topological polar surface area (TPSA) is 38.0 Å². The fourth-order valence-electron chi connectivity index (χ4n) is 8.51. The van der Waals surface area contributed by atoms with Gasteiger partial charge in [-0.25, -0.2) is 4.85 Å². The van der Waals surface area contributed by atoms with E-state index in [2.05, 4.69) is 39.7 Å². The molecule has 0 unspecified atom stereocenters. The summed E-state index contributed by atoms with van der Waals surface area (Å²) in [6, 6.07) is 55.7. The molecule has 59 heavy (non-hydrogen) atoms. The van der Waals surface area contributed by atoms with Crippen LogP contribution < -0.4 is 0 Å². The lowest BCUT2D eigenvalue weighted by atomic mass is 9.94. The molecule has 2 heterocycles. The molecule has 0 saturated carbocycles. The average Bonchev–Trinajstić information content (AvgIpc) is 3.78. The van der Waals surface area contributed by atoms with Crippen LogP contribution in [0, 0.1) is 24.8 Å². The van der Waals surface area contributed by atoms with Crippen LogP contribution in [-0.2, 0) is 6.18 Å². The largest absolute Gasteiger partial charge is 0.417 e. The first-order valence-electron chi connectivity index (χ1n) is 19.1. The summed E-state index contributed by atoms with van der Waals surface area (Å²) in [5, 5.41) is 13.3. The van der Waals surface area contributed by atoms with Crippen LogP contribution in [0.15, 0.2) is 170 Å². The van der Waals surface area contributed by atoms with Crippen molar-refractivity contribution in [2.24, 2.45) is 0 Å². The van der Waals surface area contributed by atoms with Crippen molar-refractivity contribution in [3.63, 3.8) is 0 Å². The van der Waals surface area contributed by atoms with E-state index in [-0.39, 0.29) is 5.56 Å². The normalized spacial score (nSPS) is 11.7. The Balaban J connectivity index is 1.15. The molecule has 4 nitrogen and oxygen atoms in total. The zero-order valence-corrected chi connectivity index (χ0v) is 31.6. The van der Waals surface area contributed by atoms with Crippen LogP contribution in [0.25, 0.3) is 93.2 Å². The first-order chi connectivity index (χ1) is 28.7. The van der Waals surface area contributed by atoms with Gasteiger partial charge in [0.2, 0.25) is 0 Å². The minimum absolute atomic E-state index is 0.0978. The fraction of sp³-hybridized carbons (Fsp3) is 0.0385. The third-order valence-corrected chi connectivity index (χ3v) is 11.4. The Morgan fingerprint density at radius 3 is 1.51 bits per heavy atom. The number of hydrogen-bond donors (Lipinski definition) is 0. The molecule has 0 spiro atoms. The summed E-state index contributed by atoms with van der Waals surface area (Å²) >= 11 is 0. The SMILES string of the molecule is [C-]#[N+]c1ccc(-c2ccc3c(c2)c2ccccc2n3-c2ccc(C(F)(F)F)c(-c3cc(-n4c5ccccc5c5cc(-c6ccc(C#N)cc6)ccc54)ccc3C)c2)cc1.